The minimum atomic E-state index is 1.13. The van der Waals surface area contributed by atoms with Gasteiger partial charge in [0.15, 0.2) is 0 Å². The van der Waals surface area contributed by atoms with Crippen molar-refractivity contribution >= 4 is 45.5 Å². The fourth-order valence-electron chi connectivity index (χ4n) is 0.554. The highest BCUT2D eigenvalue weighted by Gasteiger charge is 2.14. The molecular weight excluding hydrogens is 204 g/mol. The van der Waals surface area contributed by atoms with E-state index < -0.39 is 0 Å². The van der Waals surface area contributed by atoms with Gasteiger partial charge in [0.1, 0.15) is 5.82 Å². The van der Waals surface area contributed by atoms with Gasteiger partial charge in [-0.2, -0.15) is 0 Å². The van der Waals surface area contributed by atoms with Gasteiger partial charge in [-0.15, -0.1) is 0 Å². The molecule has 0 aromatic rings. The predicted molar refractivity (Wildman–Crippen MR) is 52.8 cm³/mol. The topological polar surface area (TPSA) is 24.1 Å². The lowest BCUT2D eigenvalue weighted by Gasteiger charge is -1.99. The third kappa shape index (κ3) is 1.39. The van der Waals surface area contributed by atoms with E-state index in [1.165, 1.54) is 4.24 Å². The van der Waals surface area contributed by atoms with Crippen LogP contribution < -0.4 is 9.44 Å². The Morgan fingerprint density at radius 3 is 2.20 bits per heavy atom. The maximum atomic E-state index is 3.16. The summed E-state index contributed by atoms with van der Waals surface area (Å²) in [5.41, 5.74) is 0. The van der Waals surface area contributed by atoms with Crippen molar-refractivity contribution in [2.45, 2.75) is 0 Å². The highest BCUT2D eigenvalue weighted by Crippen LogP contribution is 2.41. The van der Waals surface area contributed by atoms with E-state index in [4.69, 9.17) is 0 Å². The molecule has 0 bridgehead atoms. The van der Waals surface area contributed by atoms with Crippen LogP contribution >= 0.6 is 45.5 Å². The summed E-state index contributed by atoms with van der Waals surface area (Å²) in [6.45, 7) is 0. The Kier molecular flexibility index (Phi) is 2.32. The average Bonchev–Trinajstić information content (AvgIpc) is 2.59. The van der Waals surface area contributed by atoms with Crippen LogP contribution in [-0.2, 0) is 0 Å². The molecule has 2 N–H and O–H groups in total. The minimum absolute atomic E-state index is 1.13. The zero-order valence-electron chi connectivity index (χ0n) is 4.79. The lowest BCUT2D eigenvalue weighted by molar-refractivity contribution is 1.11. The van der Waals surface area contributed by atoms with Crippen LogP contribution in [0, 0.1) is 0 Å². The number of thioether (sulfide) groups is 2. The Bertz CT molecular complexity index is 181. The van der Waals surface area contributed by atoms with E-state index in [-0.39, 0.29) is 0 Å². The third-order valence-electron chi connectivity index (χ3n) is 0.939. The molecule has 6 heteroatoms. The van der Waals surface area contributed by atoms with Gasteiger partial charge in [0.05, 0.1) is 4.24 Å². The average molecular weight is 208 g/mol. The first kappa shape index (κ1) is 7.15. The Labute approximate surface area is 75.7 Å². The van der Waals surface area contributed by atoms with Crippen LogP contribution in [0.15, 0.2) is 20.9 Å². The lowest BCUT2D eigenvalue weighted by Crippen LogP contribution is -2.06. The molecule has 2 heterocycles. The largest absolute Gasteiger partial charge is 0.304 e. The summed E-state index contributed by atoms with van der Waals surface area (Å²) in [4.78, 5) is 0. The first-order chi connectivity index (χ1) is 4.97. The second kappa shape index (κ2) is 3.25. The van der Waals surface area contributed by atoms with Gasteiger partial charge in [-0.25, -0.2) is 0 Å². The predicted octanol–water partition coefficient (Wildman–Crippen LogP) is 2.47. The summed E-state index contributed by atoms with van der Waals surface area (Å²) in [5.74, 6) is 1.13. The Morgan fingerprint density at radius 1 is 1.00 bits per heavy atom. The molecule has 2 rings (SSSR count). The molecule has 2 aliphatic rings. The van der Waals surface area contributed by atoms with Crippen molar-refractivity contribution < 1.29 is 0 Å². The van der Waals surface area contributed by atoms with E-state index in [9.17, 15) is 0 Å². The molecule has 1 fully saturated rings. The Hall–Kier alpha value is 0.480. The Balaban J connectivity index is 2.12. The maximum Gasteiger partial charge on any atom is 0.141 e. The van der Waals surface area contributed by atoms with Gasteiger partial charge in [0, 0.05) is 22.0 Å². The maximum absolute atomic E-state index is 3.16. The summed E-state index contributed by atoms with van der Waals surface area (Å²) in [5, 5.41) is 4.17. The lowest BCUT2D eigenvalue weighted by atomic mass is 10.9. The summed E-state index contributed by atoms with van der Waals surface area (Å²) in [6.07, 6.45) is 0. The normalized spacial score (nSPS) is 23.2. The fraction of sp³-hybridized carbons (Fsp3) is 0. The number of hydrogen-bond donors (Lipinski definition) is 2. The van der Waals surface area contributed by atoms with Crippen LogP contribution in [0.25, 0.3) is 0 Å². The number of rotatable bonds is 0. The van der Waals surface area contributed by atoms with Gasteiger partial charge in [-0.05, 0) is 10.8 Å². The van der Waals surface area contributed by atoms with Crippen LogP contribution in [0.2, 0.25) is 0 Å². The van der Waals surface area contributed by atoms with E-state index >= 15 is 0 Å². The minimum Gasteiger partial charge on any atom is -0.304 e. The van der Waals surface area contributed by atoms with Gasteiger partial charge in [0.2, 0.25) is 0 Å². The molecule has 0 radical (unpaired) electrons. The first-order valence-electron chi connectivity index (χ1n) is 2.54. The molecule has 0 aromatic heterocycles. The first-order valence-corrected chi connectivity index (χ1v) is 6.45. The molecule has 0 spiro atoms. The molecule has 2 aliphatic heterocycles. The molecule has 0 saturated carbocycles. The van der Waals surface area contributed by atoms with Crippen LogP contribution in [-0.4, -0.2) is 0 Å². The monoisotopic (exact) mass is 208 g/mol. The molecule has 1 saturated heterocycles. The van der Waals surface area contributed by atoms with Crippen LogP contribution in [0.3, 0.4) is 0 Å². The van der Waals surface area contributed by atoms with Gasteiger partial charge < -0.3 is 9.44 Å². The van der Waals surface area contributed by atoms with Gasteiger partial charge in [0.25, 0.3) is 0 Å². The van der Waals surface area contributed by atoms with Gasteiger partial charge in [-0.1, -0.05) is 23.5 Å². The summed E-state index contributed by atoms with van der Waals surface area (Å²) < 4.78 is 7.63. The standard InChI is InChI=1S/C4H4N2S4/c1-2-8-4(7-1)3-5-9-10-6-3/h1-2,5-6H. The van der Waals surface area contributed by atoms with E-state index in [1.807, 2.05) is 0 Å². The second-order valence-electron chi connectivity index (χ2n) is 1.54. The van der Waals surface area contributed by atoms with E-state index in [2.05, 4.69) is 20.3 Å². The zero-order chi connectivity index (χ0) is 6.81. The molecule has 0 aromatic carbocycles. The smallest absolute Gasteiger partial charge is 0.141 e. The molecule has 0 amide bonds. The van der Waals surface area contributed by atoms with Crippen LogP contribution in [0.4, 0.5) is 0 Å². The quantitative estimate of drug-likeness (QED) is 0.468. The van der Waals surface area contributed by atoms with Crippen molar-refractivity contribution in [3.63, 3.8) is 0 Å². The summed E-state index contributed by atoms with van der Waals surface area (Å²) >= 11 is 3.50. The van der Waals surface area contributed by atoms with Crippen molar-refractivity contribution in [2.24, 2.45) is 0 Å². The molecule has 0 aliphatic carbocycles. The van der Waals surface area contributed by atoms with Gasteiger partial charge >= 0.3 is 0 Å². The molecule has 54 valence electrons. The molecular formula is C4H4N2S4. The van der Waals surface area contributed by atoms with Crippen LogP contribution in [0.1, 0.15) is 0 Å². The zero-order valence-corrected chi connectivity index (χ0v) is 8.05. The molecule has 0 atom stereocenters. The van der Waals surface area contributed by atoms with Crippen molar-refractivity contribution in [3.05, 3.63) is 20.9 Å². The third-order valence-corrected chi connectivity index (χ3v) is 4.48. The fourth-order valence-corrected chi connectivity index (χ4v) is 3.87. The van der Waals surface area contributed by atoms with E-state index in [0.717, 1.165) is 5.82 Å². The molecule has 10 heavy (non-hydrogen) atoms. The van der Waals surface area contributed by atoms with Crippen molar-refractivity contribution in [1.29, 1.82) is 0 Å². The molecule has 0 unspecified atom stereocenters. The molecule has 2 nitrogen and oxygen atoms in total. The van der Waals surface area contributed by atoms with Crippen molar-refractivity contribution in [3.8, 4) is 0 Å². The van der Waals surface area contributed by atoms with E-state index in [1.54, 1.807) is 45.5 Å². The Morgan fingerprint density at radius 2 is 1.60 bits per heavy atom. The highest BCUT2D eigenvalue weighted by molar-refractivity contribution is 8.75. The SMILES string of the molecule is C1=CSC(=C2NSSN2)S1. The number of nitrogens with one attached hydrogen (secondary N) is 2. The second-order valence-corrected chi connectivity index (χ2v) is 5.37. The summed E-state index contributed by atoms with van der Waals surface area (Å²) in [7, 11) is 3.22. The van der Waals surface area contributed by atoms with Crippen molar-refractivity contribution in [2.75, 3.05) is 0 Å². The van der Waals surface area contributed by atoms with Crippen molar-refractivity contribution in [1.82, 2.24) is 9.44 Å². The summed E-state index contributed by atoms with van der Waals surface area (Å²) in [6, 6.07) is 0. The highest BCUT2D eigenvalue weighted by atomic mass is 33.1. The van der Waals surface area contributed by atoms with Crippen LogP contribution in [0.5, 0.6) is 0 Å². The number of hydrogen-bond acceptors (Lipinski definition) is 6. The van der Waals surface area contributed by atoms with E-state index in [0.29, 0.717) is 0 Å². The van der Waals surface area contributed by atoms with Gasteiger partial charge in [-0.3, -0.25) is 0 Å².